The summed E-state index contributed by atoms with van der Waals surface area (Å²) in [7, 11) is 0. The normalized spacial score (nSPS) is 13.6. The van der Waals surface area contributed by atoms with Crippen molar-refractivity contribution in [2.45, 2.75) is 18.7 Å². The fraction of sp³-hybridized carbons (Fsp3) is 0.200. The van der Waals surface area contributed by atoms with Crippen LogP contribution in [0.25, 0.3) is 10.6 Å². The van der Waals surface area contributed by atoms with Crippen molar-refractivity contribution in [3.8, 4) is 5.00 Å². The predicted octanol–water partition coefficient (Wildman–Crippen LogP) is 4.67. The Kier molecular flexibility index (Phi) is 4.78. The summed E-state index contributed by atoms with van der Waals surface area (Å²) in [6.07, 6.45) is 8.86. The summed E-state index contributed by atoms with van der Waals surface area (Å²) in [5, 5.41) is 4.10. The van der Waals surface area contributed by atoms with E-state index >= 15 is 0 Å². The number of carbonyl (C=O) groups is 1. The average Bonchev–Trinajstić information content (AvgIpc) is 3.42. The van der Waals surface area contributed by atoms with Crippen molar-refractivity contribution in [1.82, 2.24) is 19.3 Å². The summed E-state index contributed by atoms with van der Waals surface area (Å²) in [5.74, 6) is 2.03. The molecule has 1 aliphatic rings. The standard InChI is InChI=1S/C20H17BrN4OS2/c21-13-3-4-17-23-14(11-25(17)10-13)9-22-19(26)18-15-5-8-27-12-16(15)28-20(18)24-6-1-2-7-24/h1-4,6-7,10-11H,5,8-9,12H2,(H,22,26). The van der Waals surface area contributed by atoms with Crippen molar-refractivity contribution < 1.29 is 4.79 Å². The Morgan fingerprint density at radius 2 is 2.11 bits per heavy atom. The number of nitrogens with one attached hydrogen (secondary N) is 1. The molecule has 8 heteroatoms. The highest BCUT2D eigenvalue weighted by Gasteiger charge is 2.26. The zero-order chi connectivity index (χ0) is 19.1. The van der Waals surface area contributed by atoms with Crippen molar-refractivity contribution in [2.24, 2.45) is 0 Å². The average molecular weight is 473 g/mol. The van der Waals surface area contributed by atoms with Gasteiger partial charge in [-0.05, 0) is 57.9 Å². The lowest BCUT2D eigenvalue weighted by molar-refractivity contribution is 0.0950. The van der Waals surface area contributed by atoms with Crippen LogP contribution in [-0.2, 0) is 18.7 Å². The zero-order valence-corrected chi connectivity index (χ0v) is 18.1. The van der Waals surface area contributed by atoms with Crippen LogP contribution < -0.4 is 5.32 Å². The molecule has 4 aromatic heterocycles. The van der Waals surface area contributed by atoms with Crippen molar-refractivity contribution >= 4 is 50.6 Å². The van der Waals surface area contributed by atoms with Crippen LogP contribution in [0.15, 0.2) is 53.5 Å². The molecule has 0 aromatic carbocycles. The van der Waals surface area contributed by atoms with E-state index in [2.05, 4.69) is 26.2 Å². The number of aromatic nitrogens is 3. The SMILES string of the molecule is O=C(NCc1cn2cc(Br)ccc2n1)c1c(-n2cccc2)sc2c1CCSC2. The Morgan fingerprint density at radius 1 is 1.25 bits per heavy atom. The number of fused-ring (bicyclic) bond motifs is 2. The molecule has 5 nitrogen and oxygen atoms in total. The van der Waals surface area contributed by atoms with Crippen molar-refractivity contribution in [3.05, 3.63) is 75.2 Å². The molecular formula is C20H17BrN4OS2. The molecule has 4 aromatic rings. The van der Waals surface area contributed by atoms with E-state index in [1.165, 1.54) is 10.4 Å². The minimum Gasteiger partial charge on any atom is -0.346 e. The van der Waals surface area contributed by atoms with Gasteiger partial charge in [0.15, 0.2) is 0 Å². The number of nitrogens with zero attached hydrogens (tertiary/aromatic N) is 3. The summed E-state index contributed by atoms with van der Waals surface area (Å²) >= 11 is 7.14. The Balaban J connectivity index is 1.43. The number of thioether (sulfide) groups is 1. The predicted molar refractivity (Wildman–Crippen MR) is 118 cm³/mol. The van der Waals surface area contributed by atoms with Gasteiger partial charge < -0.3 is 14.3 Å². The number of thiophene rings is 1. The molecule has 0 unspecified atom stereocenters. The van der Waals surface area contributed by atoms with Gasteiger partial charge in [0, 0.05) is 39.9 Å². The first-order valence-corrected chi connectivity index (χ1v) is 11.7. The molecule has 0 aliphatic carbocycles. The van der Waals surface area contributed by atoms with Crippen LogP contribution in [0.4, 0.5) is 0 Å². The second kappa shape index (κ2) is 7.42. The van der Waals surface area contributed by atoms with Crippen molar-refractivity contribution in [3.63, 3.8) is 0 Å². The third-order valence-electron chi connectivity index (χ3n) is 4.76. The van der Waals surface area contributed by atoms with Crippen LogP contribution >= 0.6 is 39.0 Å². The first-order chi connectivity index (χ1) is 13.7. The molecule has 28 heavy (non-hydrogen) atoms. The first kappa shape index (κ1) is 18.0. The number of amides is 1. The lowest BCUT2D eigenvalue weighted by Crippen LogP contribution is -2.25. The number of imidazole rings is 1. The molecule has 5 rings (SSSR count). The van der Waals surface area contributed by atoms with E-state index < -0.39 is 0 Å². The number of hydrogen-bond acceptors (Lipinski definition) is 4. The van der Waals surface area contributed by atoms with Gasteiger partial charge >= 0.3 is 0 Å². The van der Waals surface area contributed by atoms with Crippen molar-refractivity contribution in [1.29, 1.82) is 0 Å². The Labute approximate surface area is 178 Å². The maximum atomic E-state index is 13.2. The first-order valence-electron chi connectivity index (χ1n) is 8.96. The molecule has 0 atom stereocenters. The van der Waals surface area contributed by atoms with Gasteiger partial charge in [-0.15, -0.1) is 11.3 Å². The Hall–Kier alpha value is -2.03. The number of pyridine rings is 1. The van der Waals surface area contributed by atoms with Crippen LogP contribution in [0, 0.1) is 0 Å². The quantitative estimate of drug-likeness (QED) is 0.469. The minimum atomic E-state index is -0.0219. The number of carbonyl (C=O) groups excluding carboxylic acids is 1. The highest BCUT2D eigenvalue weighted by Crippen LogP contribution is 2.38. The summed E-state index contributed by atoms with van der Waals surface area (Å²) in [6, 6.07) is 7.89. The van der Waals surface area contributed by atoms with Gasteiger partial charge in [-0.1, -0.05) is 0 Å². The zero-order valence-electron chi connectivity index (χ0n) is 14.9. The van der Waals surface area contributed by atoms with Gasteiger partial charge in [0.05, 0.1) is 17.8 Å². The van der Waals surface area contributed by atoms with E-state index in [4.69, 9.17) is 0 Å². The molecule has 0 bridgehead atoms. The van der Waals surface area contributed by atoms with Gasteiger partial charge in [0.25, 0.3) is 5.91 Å². The molecule has 5 heterocycles. The lowest BCUT2D eigenvalue weighted by Gasteiger charge is -2.13. The largest absolute Gasteiger partial charge is 0.346 e. The van der Waals surface area contributed by atoms with E-state index in [0.29, 0.717) is 6.54 Å². The number of rotatable bonds is 4. The smallest absolute Gasteiger partial charge is 0.254 e. The molecule has 0 radical (unpaired) electrons. The molecule has 1 aliphatic heterocycles. The van der Waals surface area contributed by atoms with Crippen LogP contribution in [0.3, 0.4) is 0 Å². The maximum Gasteiger partial charge on any atom is 0.254 e. The Bertz CT molecular complexity index is 1160. The molecule has 1 amide bonds. The fourth-order valence-corrected chi connectivity index (χ4v) is 6.26. The molecule has 1 N–H and O–H groups in total. The van der Waals surface area contributed by atoms with E-state index in [1.54, 1.807) is 11.3 Å². The molecule has 0 saturated carbocycles. The molecule has 0 saturated heterocycles. The third-order valence-corrected chi connectivity index (χ3v) is 7.65. The number of hydrogen-bond donors (Lipinski definition) is 1. The topological polar surface area (TPSA) is 51.3 Å². The van der Waals surface area contributed by atoms with Gasteiger partial charge in [0.2, 0.25) is 0 Å². The van der Waals surface area contributed by atoms with E-state index in [1.807, 2.05) is 69.8 Å². The van der Waals surface area contributed by atoms with Crippen LogP contribution in [0.2, 0.25) is 0 Å². The van der Waals surface area contributed by atoms with Gasteiger partial charge in [0.1, 0.15) is 10.6 Å². The third kappa shape index (κ3) is 3.29. The molecular weight excluding hydrogens is 456 g/mol. The molecule has 142 valence electrons. The monoisotopic (exact) mass is 472 g/mol. The minimum absolute atomic E-state index is 0.0219. The van der Waals surface area contributed by atoms with E-state index in [0.717, 1.165) is 44.3 Å². The van der Waals surface area contributed by atoms with E-state index in [9.17, 15) is 4.79 Å². The van der Waals surface area contributed by atoms with Gasteiger partial charge in [-0.2, -0.15) is 11.8 Å². The summed E-state index contributed by atoms with van der Waals surface area (Å²) in [6.45, 7) is 0.405. The number of halogens is 1. The second-order valence-corrected chi connectivity index (χ2v) is 9.71. The van der Waals surface area contributed by atoms with Crippen molar-refractivity contribution in [2.75, 3.05) is 5.75 Å². The van der Waals surface area contributed by atoms with E-state index in [-0.39, 0.29) is 5.91 Å². The second-order valence-electron chi connectivity index (χ2n) is 6.60. The summed E-state index contributed by atoms with van der Waals surface area (Å²) in [5.41, 5.74) is 3.74. The van der Waals surface area contributed by atoms with Gasteiger partial charge in [-0.3, -0.25) is 4.79 Å². The van der Waals surface area contributed by atoms with Gasteiger partial charge in [-0.25, -0.2) is 4.98 Å². The van der Waals surface area contributed by atoms with Crippen LogP contribution in [0.1, 0.15) is 26.5 Å². The molecule has 0 spiro atoms. The Morgan fingerprint density at radius 3 is 2.96 bits per heavy atom. The fourth-order valence-electron chi connectivity index (χ4n) is 3.47. The molecule has 0 fully saturated rings. The highest BCUT2D eigenvalue weighted by molar-refractivity contribution is 9.10. The summed E-state index contributed by atoms with van der Waals surface area (Å²) in [4.78, 5) is 19.1. The van der Waals surface area contributed by atoms with Crippen LogP contribution in [0.5, 0.6) is 0 Å². The van der Waals surface area contributed by atoms with Crippen LogP contribution in [-0.4, -0.2) is 25.6 Å². The highest BCUT2D eigenvalue weighted by atomic mass is 79.9. The lowest BCUT2D eigenvalue weighted by atomic mass is 10.1. The maximum absolute atomic E-state index is 13.2. The summed E-state index contributed by atoms with van der Waals surface area (Å²) < 4.78 is 5.00.